The Bertz CT molecular complexity index is 1110. The van der Waals surface area contributed by atoms with Crippen LogP contribution in [0, 0.1) is 6.92 Å². The Kier molecular flexibility index (Phi) is 3.50. The Hall–Kier alpha value is -3.21. The summed E-state index contributed by atoms with van der Waals surface area (Å²) in [6.07, 6.45) is 1.71. The molecule has 25 heavy (non-hydrogen) atoms. The van der Waals surface area contributed by atoms with E-state index in [1.54, 1.807) is 16.7 Å². The number of amides is 1. The number of para-hydroxylation sites is 1. The zero-order chi connectivity index (χ0) is 17.6. The second-order valence-electron chi connectivity index (χ2n) is 6.10. The maximum atomic E-state index is 12.7. The lowest BCUT2D eigenvalue weighted by molar-refractivity contribution is -0.110. The van der Waals surface area contributed by atoms with Gasteiger partial charge in [0.15, 0.2) is 0 Å². The van der Waals surface area contributed by atoms with Gasteiger partial charge in [-0.3, -0.25) is 14.2 Å². The molecule has 0 bridgehead atoms. The SMILES string of the molecule is CCn1c(/C=C2/C(=O)Nc3ccc(C)cc32)nc2ccccc2c1=O. The van der Waals surface area contributed by atoms with Crippen molar-refractivity contribution in [1.29, 1.82) is 0 Å². The molecule has 2 aromatic carbocycles. The van der Waals surface area contributed by atoms with E-state index < -0.39 is 0 Å². The van der Waals surface area contributed by atoms with Crippen molar-refractivity contribution in [3.8, 4) is 0 Å². The number of aryl methyl sites for hydroxylation is 1. The Morgan fingerprint density at radius 2 is 1.96 bits per heavy atom. The highest BCUT2D eigenvalue weighted by molar-refractivity contribution is 6.34. The van der Waals surface area contributed by atoms with Gasteiger partial charge in [0.25, 0.3) is 11.5 Å². The van der Waals surface area contributed by atoms with Gasteiger partial charge in [-0.2, -0.15) is 0 Å². The molecule has 5 nitrogen and oxygen atoms in total. The van der Waals surface area contributed by atoms with Gasteiger partial charge in [-0.05, 0) is 44.2 Å². The van der Waals surface area contributed by atoms with Crippen molar-refractivity contribution in [1.82, 2.24) is 9.55 Å². The van der Waals surface area contributed by atoms with Gasteiger partial charge in [0.05, 0.1) is 16.5 Å². The summed E-state index contributed by atoms with van der Waals surface area (Å²) < 4.78 is 1.59. The van der Waals surface area contributed by atoms with Gasteiger partial charge in [-0.1, -0.05) is 23.8 Å². The van der Waals surface area contributed by atoms with E-state index in [0.717, 1.165) is 16.8 Å². The van der Waals surface area contributed by atoms with E-state index in [9.17, 15) is 9.59 Å². The quantitative estimate of drug-likeness (QED) is 0.733. The summed E-state index contributed by atoms with van der Waals surface area (Å²) in [6.45, 7) is 4.36. The summed E-state index contributed by atoms with van der Waals surface area (Å²) in [7, 11) is 0. The Balaban J connectivity index is 1.97. The highest BCUT2D eigenvalue weighted by Gasteiger charge is 2.24. The molecule has 1 aliphatic rings. The standard InChI is InChI=1S/C20H17N3O2/c1-3-23-18(21-16-7-5-4-6-13(16)20(23)25)11-15-14-10-12(2)8-9-17(14)22-19(15)24/h4-11H,3H2,1-2H3,(H,22,24)/b15-11+. The van der Waals surface area contributed by atoms with Gasteiger partial charge in [-0.25, -0.2) is 4.98 Å². The van der Waals surface area contributed by atoms with Crippen LogP contribution in [-0.2, 0) is 11.3 Å². The van der Waals surface area contributed by atoms with Crippen LogP contribution in [0.3, 0.4) is 0 Å². The molecule has 0 spiro atoms. The van der Waals surface area contributed by atoms with Crippen molar-refractivity contribution in [3.63, 3.8) is 0 Å². The van der Waals surface area contributed by atoms with Gasteiger partial charge in [0, 0.05) is 17.8 Å². The second-order valence-corrected chi connectivity index (χ2v) is 6.10. The topological polar surface area (TPSA) is 64.0 Å². The van der Waals surface area contributed by atoms with E-state index in [2.05, 4.69) is 10.3 Å². The molecule has 1 aliphatic heterocycles. The molecule has 3 aromatic rings. The van der Waals surface area contributed by atoms with E-state index in [1.807, 2.05) is 50.2 Å². The summed E-state index contributed by atoms with van der Waals surface area (Å²) in [4.78, 5) is 29.7. The molecule has 0 saturated carbocycles. The predicted molar refractivity (Wildman–Crippen MR) is 99.4 cm³/mol. The average Bonchev–Trinajstić information content (AvgIpc) is 2.90. The number of fused-ring (bicyclic) bond motifs is 2. The van der Waals surface area contributed by atoms with Crippen LogP contribution in [0.2, 0.25) is 0 Å². The molecule has 0 aliphatic carbocycles. The van der Waals surface area contributed by atoms with E-state index in [1.165, 1.54) is 0 Å². The second kappa shape index (κ2) is 5.70. The maximum Gasteiger partial charge on any atom is 0.261 e. The fourth-order valence-electron chi connectivity index (χ4n) is 3.18. The fourth-order valence-corrected chi connectivity index (χ4v) is 3.18. The number of rotatable bonds is 2. The number of hydrogen-bond donors (Lipinski definition) is 1. The number of nitrogens with one attached hydrogen (secondary N) is 1. The summed E-state index contributed by atoms with van der Waals surface area (Å²) in [6, 6.07) is 13.1. The Labute approximate surface area is 144 Å². The van der Waals surface area contributed by atoms with E-state index >= 15 is 0 Å². The zero-order valence-electron chi connectivity index (χ0n) is 14.0. The van der Waals surface area contributed by atoms with Crippen LogP contribution < -0.4 is 10.9 Å². The van der Waals surface area contributed by atoms with Crippen LogP contribution in [0.25, 0.3) is 22.6 Å². The van der Waals surface area contributed by atoms with Crippen LogP contribution in [0.5, 0.6) is 0 Å². The molecule has 0 atom stereocenters. The van der Waals surface area contributed by atoms with E-state index in [0.29, 0.717) is 28.8 Å². The van der Waals surface area contributed by atoms with Crippen molar-refractivity contribution >= 4 is 34.1 Å². The molecule has 0 radical (unpaired) electrons. The van der Waals surface area contributed by atoms with Gasteiger partial charge < -0.3 is 5.32 Å². The van der Waals surface area contributed by atoms with Gasteiger partial charge in [-0.15, -0.1) is 0 Å². The first-order valence-corrected chi connectivity index (χ1v) is 8.22. The lowest BCUT2D eigenvalue weighted by atomic mass is 10.0. The van der Waals surface area contributed by atoms with Crippen molar-refractivity contribution in [2.75, 3.05) is 5.32 Å². The number of aromatic nitrogens is 2. The lowest BCUT2D eigenvalue weighted by Crippen LogP contribution is -2.23. The average molecular weight is 331 g/mol. The largest absolute Gasteiger partial charge is 0.321 e. The summed E-state index contributed by atoms with van der Waals surface area (Å²) >= 11 is 0. The molecular formula is C20H17N3O2. The molecule has 1 N–H and O–H groups in total. The van der Waals surface area contributed by atoms with Crippen LogP contribution in [0.15, 0.2) is 47.3 Å². The van der Waals surface area contributed by atoms with E-state index in [-0.39, 0.29) is 11.5 Å². The number of hydrogen-bond acceptors (Lipinski definition) is 3. The minimum atomic E-state index is -0.175. The molecule has 5 heteroatoms. The normalized spacial score (nSPS) is 14.8. The predicted octanol–water partition coefficient (Wildman–Crippen LogP) is 3.22. The number of carbonyl (C=O) groups is 1. The first-order chi connectivity index (χ1) is 12.1. The molecule has 1 amide bonds. The summed E-state index contributed by atoms with van der Waals surface area (Å²) in [5.41, 5.74) is 3.77. The summed E-state index contributed by atoms with van der Waals surface area (Å²) in [5, 5.41) is 3.44. The minimum Gasteiger partial charge on any atom is -0.321 e. The smallest absolute Gasteiger partial charge is 0.261 e. The molecule has 0 unspecified atom stereocenters. The van der Waals surface area contributed by atoms with Gasteiger partial charge in [0.1, 0.15) is 5.82 Å². The van der Waals surface area contributed by atoms with Gasteiger partial charge >= 0.3 is 0 Å². The van der Waals surface area contributed by atoms with Crippen LogP contribution in [0.1, 0.15) is 23.9 Å². The molecule has 124 valence electrons. The van der Waals surface area contributed by atoms with Crippen molar-refractivity contribution < 1.29 is 4.79 Å². The van der Waals surface area contributed by atoms with Crippen LogP contribution >= 0.6 is 0 Å². The molecule has 4 rings (SSSR count). The van der Waals surface area contributed by atoms with Crippen molar-refractivity contribution in [2.24, 2.45) is 0 Å². The van der Waals surface area contributed by atoms with E-state index in [4.69, 9.17) is 0 Å². The third-order valence-electron chi connectivity index (χ3n) is 4.44. The highest BCUT2D eigenvalue weighted by Crippen LogP contribution is 2.33. The third-order valence-corrected chi connectivity index (χ3v) is 4.44. The molecule has 0 fully saturated rings. The number of benzene rings is 2. The first kappa shape index (κ1) is 15.3. The third kappa shape index (κ3) is 2.45. The number of carbonyl (C=O) groups excluding carboxylic acids is 1. The molecular weight excluding hydrogens is 314 g/mol. The van der Waals surface area contributed by atoms with Crippen molar-refractivity contribution in [3.05, 3.63) is 69.8 Å². The lowest BCUT2D eigenvalue weighted by Gasteiger charge is -2.09. The number of nitrogens with zero attached hydrogens (tertiary/aromatic N) is 2. The number of anilines is 1. The highest BCUT2D eigenvalue weighted by atomic mass is 16.2. The molecule has 0 saturated heterocycles. The maximum absolute atomic E-state index is 12.7. The monoisotopic (exact) mass is 331 g/mol. The Morgan fingerprint density at radius 1 is 1.16 bits per heavy atom. The van der Waals surface area contributed by atoms with Gasteiger partial charge in [0.2, 0.25) is 0 Å². The van der Waals surface area contributed by atoms with Crippen LogP contribution in [0.4, 0.5) is 5.69 Å². The fraction of sp³-hybridized carbons (Fsp3) is 0.150. The first-order valence-electron chi connectivity index (χ1n) is 8.22. The minimum absolute atomic E-state index is 0.0946. The Morgan fingerprint density at radius 3 is 2.76 bits per heavy atom. The zero-order valence-corrected chi connectivity index (χ0v) is 14.0. The van der Waals surface area contributed by atoms with Crippen molar-refractivity contribution in [2.45, 2.75) is 20.4 Å². The molecule has 2 heterocycles. The summed E-state index contributed by atoms with van der Waals surface area (Å²) in [5.74, 6) is 0.316. The molecule has 1 aromatic heterocycles. The van der Waals surface area contributed by atoms with Crippen LogP contribution in [-0.4, -0.2) is 15.5 Å².